The van der Waals surface area contributed by atoms with Crippen LogP contribution in [0.2, 0.25) is 0 Å². The van der Waals surface area contributed by atoms with Crippen molar-refractivity contribution in [1.29, 1.82) is 5.26 Å². The summed E-state index contributed by atoms with van der Waals surface area (Å²) in [5.74, 6) is 1.06. The predicted octanol–water partition coefficient (Wildman–Crippen LogP) is 3.10. The fraction of sp³-hybridized carbons (Fsp3) is 0.250. The monoisotopic (exact) mass is 425 g/mol. The number of nitrogens with zero attached hydrogens (tertiary/aromatic N) is 6. The summed E-state index contributed by atoms with van der Waals surface area (Å²) in [7, 11) is 1.88. The fourth-order valence-corrected chi connectivity index (χ4v) is 4.76. The van der Waals surface area contributed by atoms with Gasteiger partial charge in [0.2, 0.25) is 5.95 Å². The van der Waals surface area contributed by atoms with Gasteiger partial charge in [-0.2, -0.15) is 10.4 Å². The van der Waals surface area contributed by atoms with E-state index in [-0.39, 0.29) is 11.6 Å². The van der Waals surface area contributed by atoms with Crippen LogP contribution >= 0.6 is 0 Å². The maximum atomic E-state index is 14.5. The highest BCUT2D eigenvalue weighted by Gasteiger charge is 2.54. The lowest BCUT2D eigenvalue weighted by Gasteiger charge is -2.20. The van der Waals surface area contributed by atoms with Crippen LogP contribution in [0, 0.1) is 29.0 Å². The van der Waals surface area contributed by atoms with Crippen molar-refractivity contribution in [2.24, 2.45) is 24.6 Å². The molecule has 1 saturated heterocycles. The van der Waals surface area contributed by atoms with Crippen molar-refractivity contribution in [2.45, 2.75) is 6.04 Å². The number of aromatic nitrogens is 4. The van der Waals surface area contributed by atoms with Crippen molar-refractivity contribution in [3.8, 4) is 28.5 Å². The SMILES string of the molecule is Cn1cc2cc(-c3cnc(N4CC5C(N)C5C4)nc3-c3ccc(C#N)c(F)c3)ccc2n1. The van der Waals surface area contributed by atoms with E-state index in [2.05, 4.69) is 15.0 Å². The molecule has 1 aliphatic carbocycles. The molecule has 2 atom stereocenters. The highest BCUT2D eigenvalue weighted by atomic mass is 19.1. The number of fused-ring (bicyclic) bond motifs is 2. The van der Waals surface area contributed by atoms with Crippen LogP contribution in [-0.4, -0.2) is 38.9 Å². The summed E-state index contributed by atoms with van der Waals surface area (Å²) in [6, 6.07) is 12.7. The van der Waals surface area contributed by atoms with Gasteiger partial charge in [-0.05, 0) is 41.7 Å². The first-order valence-electron chi connectivity index (χ1n) is 10.5. The first kappa shape index (κ1) is 18.9. The van der Waals surface area contributed by atoms with Crippen LogP contribution in [-0.2, 0) is 7.05 Å². The molecule has 2 fully saturated rings. The van der Waals surface area contributed by atoms with Gasteiger partial charge in [-0.15, -0.1) is 0 Å². The summed E-state index contributed by atoms with van der Waals surface area (Å²) in [4.78, 5) is 11.7. The lowest BCUT2D eigenvalue weighted by atomic mass is 9.99. The molecule has 1 saturated carbocycles. The molecule has 0 amide bonds. The standard InChI is InChI=1S/C24H20FN7/c1-31-10-16-6-13(4-5-21(16)30-31)17-9-28-24(32-11-18-19(12-32)22(18)27)29-23(17)14-2-3-15(8-26)20(25)7-14/h2-7,9-10,18-19,22H,11-12,27H2,1H3. The molecule has 2 unspecified atom stereocenters. The second-order valence-corrected chi connectivity index (χ2v) is 8.63. The van der Waals surface area contributed by atoms with E-state index < -0.39 is 5.82 Å². The Hall–Kier alpha value is -3.83. The Morgan fingerprint density at radius 3 is 2.66 bits per heavy atom. The summed E-state index contributed by atoms with van der Waals surface area (Å²) < 4.78 is 16.3. The van der Waals surface area contributed by atoms with Gasteiger partial charge in [0.25, 0.3) is 0 Å². The Balaban J connectivity index is 1.48. The van der Waals surface area contributed by atoms with Crippen molar-refractivity contribution < 1.29 is 4.39 Å². The van der Waals surface area contributed by atoms with E-state index in [1.54, 1.807) is 16.9 Å². The minimum absolute atomic E-state index is 0.00924. The van der Waals surface area contributed by atoms with Gasteiger partial charge >= 0.3 is 0 Å². The van der Waals surface area contributed by atoms with E-state index in [9.17, 15) is 4.39 Å². The van der Waals surface area contributed by atoms with E-state index in [4.69, 9.17) is 16.0 Å². The van der Waals surface area contributed by atoms with Gasteiger partial charge in [0.1, 0.15) is 11.9 Å². The molecule has 0 bridgehead atoms. The Bertz CT molecular complexity index is 1410. The number of anilines is 1. The zero-order chi connectivity index (χ0) is 22.0. The number of nitriles is 1. The summed E-state index contributed by atoms with van der Waals surface area (Å²) >= 11 is 0. The number of benzene rings is 2. The topological polar surface area (TPSA) is 96.6 Å². The van der Waals surface area contributed by atoms with Crippen LogP contribution in [0.5, 0.6) is 0 Å². The molecule has 2 aromatic heterocycles. The summed E-state index contributed by atoms with van der Waals surface area (Å²) in [5, 5.41) is 14.5. The molecule has 0 spiro atoms. The second-order valence-electron chi connectivity index (χ2n) is 8.63. The number of nitrogens with two attached hydrogens (primary N) is 1. The van der Waals surface area contributed by atoms with Crippen LogP contribution in [0.15, 0.2) is 48.8 Å². The summed E-state index contributed by atoms with van der Waals surface area (Å²) in [6.07, 6.45) is 3.75. The Kier molecular flexibility index (Phi) is 4.04. The number of halogens is 1. The van der Waals surface area contributed by atoms with Crippen molar-refractivity contribution in [3.63, 3.8) is 0 Å². The number of piperidine rings is 1. The van der Waals surface area contributed by atoms with Gasteiger partial charge in [0, 0.05) is 55.1 Å². The zero-order valence-electron chi connectivity index (χ0n) is 17.4. The fourth-order valence-electron chi connectivity index (χ4n) is 4.76. The third kappa shape index (κ3) is 2.93. The van der Waals surface area contributed by atoms with Crippen LogP contribution in [0.1, 0.15) is 5.56 Å². The molecule has 4 aromatic rings. The number of hydrogen-bond donors (Lipinski definition) is 1. The Morgan fingerprint density at radius 1 is 1.12 bits per heavy atom. The van der Waals surface area contributed by atoms with E-state index in [0.717, 1.165) is 35.1 Å². The van der Waals surface area contributed by atoms with Crippen LogP contribution < -0.4 is 10.6 Å². The van der Waals surface area contributed by atoms with Gasteiger partial charge in [-0.1, -0.05) is 12.1 Å². The summed E-state index contributed by atoms with van der Waals surface area (Å²) in [5.41, 5.74) is 9.94. The minimum Gasteiger partial charge on any atom is -0.340 e. The highest BCUT2D eigenvalue weighted by molar-refractivity contribution is 5.88. The summed E-state index contributed by atoms with van der Waals surface area (Å²) in [6.45, 7) is 1.68. The van der Waals surface area contributed by atoms with Gasteiger partial charge < -0.3 is 10.6 Å². The number of hydrogen-bond acceptors (Lipinski definition) is 6. The van der Waals surface area contributed by atoms with Gasteiger partial charge in [0.15, 0.2) is 0 Å². The molecular formula is C24H20FN7. The first-order chi connectivity index (χ1) is 15.5. The van der Waals surface area contributed by atoms with Gasteiger partial charge in [0.05, 0.1) is 16.8 Å². The Morgan fingerprint density at radius 2 is 1.91 bits per heavy atom. The molecule has 32 heavy (non-hydrogen) atoms. The minimum atomic E-state index is -0.563. The second kappa shape index (κ2) is 6.84. The van der Waals surface area contributed by atoms with E-state index in [1.807, 2.05) is 37.5 Å². The molecule has 1 aliphatic heterocycles. The molecule has 158 valence electrons. The quantitative estimate of drug-likeness (QED) is 0.542. The third-order valence-corrected chi connectivity index (χ3v) is 6.61. The first-order valence-corrected chi connectivity index (χ1v) is 10.5. The molecule has 7 nitrogen and oxygen atoms in total. The van der Waals surface area contributed by atoms with Gasteiger partial charge in [-0.25, -0.2) is 14.4 Å². The third-order valence-electron chi connectivity index (χ3n) is 6.61. The zero-order valence-corrected chi connectivity index (χ0v) is 17.4. The van der Waals surface area contributed by atoms with Crippen molar-refractivity contribution in [3.05, 3.63) is 60.2 Å². The van der Waals surface area contributed by atoms with Crippen LogP contribution in [0.25, 0.3) is 33.3 Å². The molecule has 2 N–H and O–H groups in total. The molecule has 8 heteroatoms. The van der Waals surface area contributed by atoms with Crippen molar-refractivity contribution in [2.75, 3.05) is 18.0 Å². The largest absolute Gasteiger partial charge is 0.340 e. The van der Waals surface area contributed by atoms with Crippen LogP contribution in [0.3, 0.4) is 0 Å². The number of aryl methyl sites for hydroxylation is 1. The maximum Gasteiger partial charge on any atom is 0.225 e. The van der Waals surface area contributed by atoms with Crippen LogP contribution in [0.4, 0.5) is 10.3 Å². The van der Waals surface area contributed by atoms with Crippen molar-refractivity contribution in [1.82, 2.24) is 19.7 Å². The highest BCUT2D eigenvalue weighted by Crippen LogP contribution is 2.45. The molecule has 2 aliphatic rings. The van der Waals surface area contributed by atoms with Crippen molar-refractivity contribution >= 4 is 16.9 Å². The van der Waals surface area contributed by atoms with E-state index in [0.29, 0.717) is 29.0 Å². The molecule has 3 heterocycles. The maximum absolute atomic E-state index is 14.5. The molecular weight excluding hydrogens is 405 g/mol. The van der Waals surface area contributed by atoms with Gasteiger partial charge in [-0.3, -0.25) is 4.68 Å². The molecule has 6 rings (SSSR count). The lowest BCUT2D eigenvalue weighted by molar-refractivity contribution is 0.624. The molecule has 2 aromatic carbocycles. The Labute approximate surface area is 183 Å². The smallest absolute Gasteiger partial charge is 0.225 e. The van der Waals surface area contributed by atoms with E-state index in [1.165, 1.54) is 12.1 Å². The average molecular weight is 425 g/mol. The molecule has 0 radical (unpaired) electrons. The average Bonchev–Trinajstić information content (AvgIpc) is 3.14. The number of rotatable bonds is 3. The normalized spacial score (nSPS) is 21.6. The lowest BCUT2D eigenvalue weighted by Crippen LogP contribution is -2.29. The predicted molar refractivity (Wildman–Crippen MR) is 119 cm³/mol. The van der Waals surface area contributed by atoms with E-state index >= 15 is 0 Å².